The van der Waals surface area contributed by atoms with Gasteiger partial charge in [-0.1, -0.05) is 285 Å². The monoisotopic (exact) mass is 1060 g/mol. The zero-order chi connectivity index (χ0) is 55.0. The number of carbonyl (C=O) groups excluding carboxylic acids is 3. The molecule has 0 fully saturated rings. The molecule has 0 heterocycles. The number of hydrogen-bond acceptors (Lipinski definition) is 6. The molecule has 0 aromatic carbocycles. The van der Waals surface area contributed by atoms with Gasteiger partial charge in [-0.15, -0.1) is 0 Å². The van der Waals surface area contributed by atoms with E-state index in [-0.39, 0.29) is 37.5 Å². The number of ether oxygens (including phenoxy) is 3. The molecule has 0 aliphatic heterocycles. The van der Waals surface area contributed by atoms with E-state index < -0.39 is 6.10 Å². The minimum Gasteiger partial charge on any atom is -0.462 e. The predicted molar refractivity (Wildman–Crippen MR) is 330 cm³/mol. The van der Waals surface area contributed by atoms with Crippen molar-refractivity contribution in [2.45, 2.75) is 316 Å². The summed E-state index contributed by atoms with van der Waals surface area (Å²) in [6.07, 6.45) is 85.5. The summed E-state index contributed by atoms with van der Waals surface area (Å²) >= 11 is 0. The van der Waals surface area contributed by atoms with E-state index in [4.69, 9.17) is 14.2 Å². The molecule has 1 unspecified atom stereocenters. The summed E-state index contributed by atoms with van der Waals surface area (Å²) in [6.45, 7) is 6.51. The average molecular weight is 1060 g/mol. The second kappa shape index (κ2) is 63.9. The van der Waals surface area contributed by atoms with Gasteiger partial charge in [0, 0.05) is 19.3 Å². The quantitative estimate of drug-likeness (QED) is 0.0261. The van der Waals surface area contributed by atoms with Gasteiger partial charge in [0.05, 0.1) is 0 Å². The predicted octanol–water partition coefficient (Wildman–Crippen LogP) is 22.0. The van der Waals surface area contributed by atoms with Crippen LogP contribution in [0.15, 0.2) is 97.2 Å². The Hall–Kier alpha value is -3.67. The summed E-state index contributed by atoms with van der Waals surface area (Å²) in [6, 6.07) is 0. The van der Waals surface area contributed by atoms with E-state index >= 15 is 0 Å². The summed E-state index contributed by atoms with van der Waals surface area (Å²) in [5, 5.41) is 0. The van der Waals surface area contributed by atoms with Gasteiger partial charge in [0.1, 0.15) is 13.2 Å². The molecule has 0 aliphatic carbocycles. The van der Waals surface area contributed by atoms with Crippen molar-refractivity contribution in [1.29, 1.82) is 0 Å². The average Bonchev–Trinajstić information content (AvgIpc) is 3.42. The standard InChI is InChI=1S/C70H120O6/c1-4-7-10-13-16-19-22-25-28-30-32-33-34-35-36-37-39-40-42-45-48-51-54-57-60-63-69(72)75-66-67(65-74-68(71)62-59-56-53-50-47-44-27-24-21-18-15-12-9-6-3)76-70(73)64-61-58-55-52-49-46-43-41-38-31-29-26-23-20-17-14-11-8-5-2/h8,11,17,20,22,25-26,29-30,32,34-35,38,41,46,49,67H,4-7,9-10,12-16,18-19,21,23-24,27-28,31,33,36-37,39-40,42-45,47-48,50-66H2,1-3H3/b11-8-,20-17-,25-22-,29-26-,32-30-,35-34-,41-38-,49-46-. The van der Waals surface area contributed by atoms with Gasteiger partial charge in [-0.05, 0) is 103 Å². The molecule has 0 aromatic heterocycles. The van der Waals surface area contributed by atoms with Gasteiger partial charge in [-0.2, -0.15) is 0 Å². The van der Waals surface area contributed by atoms with Gasteiger partial charge < -0.3 is 14.2 Å². The van der Waals surface area contributed by atoms with Crippen molar-refractivity contribution in [3.63, 3.8) is 0 Å². The highest BCUT2D eigenvalue weighted by Gasteiger charge is 2.19. The van der Waals surface area contributed by atoms with Crippen LogP contribution in [0.2, 0.25) is 0 Å². The van der Waals surface area contributed by atoms with E-state index in [0.29, 0.717) is 12.8 Å². The van der Waals surface area contributed by atoms with E-state index in [0.717, 1.165) is 109 Å². The zero-order valence-corrected chi connectivity index (χ0v) is 50.0. The first-order valence-corrected chi connectivity index (χ1v) is 32.2. The number of rotatable bonds is 58. The molecule has 0 radical (unpaired) electrons. The Morgan fingerprint density at radius 1 is 0.276 bits per heavy atom. The Morgan fingerprint density at radius 3 is 0.816 bits per heavy atom. The Morgan fingerprint density at radius 2 is 0.513 bits per heavy atom. The molecule has 0 saturated carbocycles. The fourth-order valence-electron chi connectivity index (χ4n) is 9.01. The third kappa shape index (κ3) is 61.2. The lowest BCUT2D eigenvalue weighted by atomic mass is 10.0. The fourth-order valence-corrected chi connectivity index (χ4v) is 9.01. The summed E-state index contributed by atoms with van der Waals surface area (Å²) in [5.74, 6) is -0.916. The summed E-state index contributed by atoms with van der Waals surface area (Å²) < 4.78 is 16.9. The van der Waals surface area contributed by atoms with Crippen LogP contribution in [-0.2, 0) is 28.6 Å². The summed E-state index contributed by atoms with van der Waals surface area (Å²) in [5.41, 5.74) is 0. The molecule has 6 nitrogen and oxygen atoms in total. The van der Waals surface area contributed by atoms with Crippen LogP contribution < -0.4 is 0 Å². The minimum absolute atomic E-state index is 0.0901. The van der Waals surface area contributed by atoms with Crippen LogP contribution in [0, 0.1) is 0 Å². The third-order valence-corrected chi connectivity index (χ3v) is 13.8. The molecule has 6 heteroatoms. The molecule has 0 spiro atoms. The lowest BCUT2D eigenvalue weighted by Crippen LogP contribution is -2.30. The van der Waals surface area contributed by atoms with Crippen LogP contribution in [0.5, 0.6) is 0 Å². The van der Waals surface area contributed by atoms with Gasteiger partial charge >= 0.3 is 17.9 Å². The second-order valence-electron chi connectivity index (χ2n) is 21.3. The molecule has 0 amide bonds. The highest BCUT2D eigenvalue weighted by atomic mass is 16.6. The largest absolute Gasteiger partial charge is 0.462 e. The first kappa shape index (κ1) is 72.3. The van der Waals surface area contributed by atoms with Crippen molar-refractivity contribution in [2.24, 2.45) is 0 Å². The molecular formula is C70H120O6. The van der Waals surface area contributed by atoms with Gasteiger partial charge in [0.15, 0.2) is 6.10 Å². The van der Waals surface area contributed by atoms with Crippen LogP contribution in [0.3, 0.4) is 0 Å². The lowest BCUT2D eigenvalue weighted by molar-refractivity contribution is -0.167. The van der Waals surface area contributed by atoms with E-state index in [2.05, 4.69) is 118 Å². The van der Waals surface area contributed by atoms with Crippen molar-refractivity contribution < 1.29 is 28.6 Å². The third-order valence-electron chi connectivity index (χ3n) is 13.8. The van der Waals surface area contributed by atoms with E-state index in [1.165, 1.54) is 161 Å². The van der Waals surface area contributed by atoms with E-state index in [1.807, 2.05) is 0 Å². The molecule has 436 valence electrons. The zero-order valence-electron chi connectivity index (χ0n) is 50.0. The van der Waals surface area contributed by atoms with Gasteiger partial charge in [-0.3, -0.25) is 14.4 Å². The Bertz CT molecular complexity index is 1490. The van der Waals surface area contributed by atoms with Gasteiger partial charge in [0.2, 0.25) is 0 Å². The topological polar surface area (TPSA) is 78.9 Å². The van der Waals surface area contributed by atoms with Crippen LogP contribution in [0.25, 0.3) is 0 Å². The van der Waals surface area contributed by atoms with E-state index in [1.54, 1.807) is 0 Å². The van der Waals surface area contributed by atoms with Crippen molar-refractivity contribution in [3.8, 4) is 0 Å². The van der Waals surface area contributed by atoms with Crippen LogP contribution in [0.4, 0.5) is 0 Å². The number of esters is 3. The maximum atomic E-state index is 12.9. The van der Waals surface area contributed by atoms with Crippen molar-refractivity contribution in [2.75, 3.05) is 13.2 Å². The first-order valence-electron chi connectivity index (χ1n) is 32.2. The van der Waals surface area contributed by atoms with Crippen LogP contribution in [-0.4, -0.2) is 37.2 Å². The maximum absolute atomic E-state index is 12.9. The fraction of sp³-hybridized carbons (Fsp3) is 0.729. The highest BCUT2D eigenvalue weighted by Crippen LogP contribution is 2.16. The van der Waals surface area contributed by atoms with Crippen molar-refractivity contribution in [3.05, 3.63) is 97.2 Å². The molecule has 0 aromatic rings. The molecule has 0 aliphatic rings. The maximum Gasteiger partial charge on any atom is 0.306 e. The Balaban J connectivity index is 4.38. The normalized spacial score (nSPS) is 12.7. The summed E-state index contributed by atoms with van der Waals surface area (Å²) in [4.78, 5) is 38.3. The summed E-state index contributed by atoms with van der Waals surface area (Å²) in [7, 11) is 0. The van der Waals surface area contributed by atoms with Gasteiger partial charge in [0.25, 0.3) is 0 Å². The smallest absolute Gasteiger partial charge is 0.306 e. The molecule has 0 saturated heterocycles. The Labute approximate surface area is 470 Å². The van der Waals surface area contributed by atoms with Gasteiger partial charge in [-0.25, -0.2) is 0 Å². The van der Waals surface area contributed by atoms with Crippen LogP contribution >= 0.6 is 0 Å². The highest BCUT2D eigenvalue weighted by molar-refractivity contribution is 5.71. The van der Waals surface area contributed by atoms with Crippen molar-refractivity contribution >= 4 is 17.9 Å². The minimum atomic E-state index is -0.797. The number of hydrogen-bond donors (Lipinski definition) is 0. The lowest BCUT2D eigenvalue weighted by Gasteiger charge is -2.18. The number of unbranched alkanes of at least 4 members (excludes halogenated alkanes) is 31. The van der Waals surface area contributed by atoms with Crippen LogP contribution in [0.1, 0.15) is 310 Å². The molecule has 0 N–H and O–H groups in total. The SMILES string of the molecule is CC/C=C\C/C=C\C/C=C\C/C=C\C/C=C\CCCCCC(=O)OC(COC(=O)CCCCCCCCCCCC/C=C\C/C=C\C/C=C\CCCCCCC)COC(=O)CCCCCCCCCCCCCCCC. The molecule has 76 heavy (non-hydrogen) atoms. The molecule has 0 rings (SSSR count). The first-order chi connectivity index (χ1) is 37.5. The molecular weight excluding hydrogens is 937 g/mol. The van der Waals surface area contributed by atoms with Crippen molar-refractivity contribution in [1.82, 2.24) is 0 Å². The Kier molecular flexibility index (Phi) is 60.8. The number of allylic oxidation sites excluding steroid dienone is 16. The molecule has 0 bridgehead atoms. The second-order valence-corrected chi connectivity index (χ2v) is 21.3. The molecule has 1 atom stereocenters. The number of carbonyl (C=O) groups is 3. The van der Waals surface area contributed by atoms with E-state index in [9.17, 15) is 14.4 Å².